The number of anilines is 1. The first-order valence-electron chi connectivity index (χ1n) is 7.10. The van der Waals surface area contributed by atoms with E-state index >= 15 is 0 Å². The van der Waals surface area contributed by atoms with E-state index in [4.69, 9.17) is 22.7 Å². The Morgan fingerprint density at radius 3 is 2.71 bits per heavy atom. The highest BCUT2D eigenvalue weighted by atomic mass is 32.1. The topological polar surface area (TPSA) is 67.6 Å². The minimum absolute atomic E-state index is 0.0139. The van der Waals surface area contributed by atoms with Gasteiger partial charge in [-0.3, -0.25) is 9.69 Å². The standard InChI is InChI=1S/C15H21N3O2S/c1-11(18-7-2-9-20-10-8-18)15(19)17-13-5-3-12(4-6-13)14(16)21/h3-6,11H,2,7-10H2,1H3,(H2,16,21)(H,17,19). The Morgan fingerprint density at radius 2 is 2.05 bits per heavy atom. The average Bonchev–Trinajstić information content (AvgIpc) is 2.76. The predicted octanol–water partition coefficient (Wildman–Crippen LogP) is 1.37. The molecule has 6 heteroatoms. The third-order valence-electron chi connectivity index (χ3n) is 3.62. The van der Waals surface area contributed by atoms with Gasteiger partial charge in [0.15, 0.2) is 0 Å². The van der Waals surface area contributed by atoms with Crippen molar-refractivity contribution in [3.05, 3.63) is 29.8 Å². The third kappa shape index (κ3) is 4.49. The second kappa shape index (κ2) is 7.49. The van der Waals surface area contributed by atoms with Crippen LogP contribution in [0.15, 0.2) is 24.3 Å². The molecule has 1 saturated heterocycles. The van der Waals surface area contributed by atoms with E-state index in [-0.39, 0.29) is 11.9 Å². The van der Waals surface area contributed by atoms with Crippen LogP contribution in [0.2, 0.25) is 0 Å². The summed E-state index contributed by atoms with van der Waals surface area (Å²) in [7, 11) is 0. The Bertz CT molecular complexity index is 496. The molecule has 1 aromatic carbocycles. The predicted molar refractivity (Wildman–Crippen MR) is 87.4 cm³/mol. The molecule has 2 rings (SSSR count). The highest BCUT2D eigenvalue weighted by molar-refractivity contribution is 7.80. The molecule has 0 aliphatic carbocycles. The van der Waals surface area contributed by atoms with E-state index in [9.17, 15) is 4.79 Å². The fourth-order valence-corrected chi connectivity index (χ4v) is 2.42. The van der Waals surface area contributed by atoms with Crippen LogP contribution < -0.4 is 11.1 Å². The van der Waals surface area contributed by atoms with Gasteiger partial charge in [-0.1, -0.05) is 12.2 Å². The van der Waals surface area contributed by atoms with Crippen molar-refractivity contribution in [3.63, 3.8) is 0 Å². The highest BCUT2D eigenvalue weighted by Gasteiger charge is 2.22. The Labute approximate surface area is 130 Å². The number of benzene rings is 1. The Morgan fingerprint density at radius 1 is 1.33 bits per heavy atom. The zero-order valence-electron chi connectivity index (χ0n) is 12.2. The number of hydrogen-bond acceptors (Lipinski definition) is 4. The fourth-order valence-electron chi connectivity index (χ4n) is 2.28. The lowest BCUT2D eigenvalue weighted by atomic mass is 10.2. The van der Waals surface area contributed by atoms with Gasteiger partial charge in [0.1, 0.15) is 4.99 Å². The molecule has 1 aliphatic rings. The van der Waals surface area contributed by atoms with Gasteiger partial charge in [0, 0.05) is 30.9 Å². The van der Waals surface area contributed by atoms with Crippen molar-refractivity contribution in [2.75, 3.05) is 31.6 Å². The number of ether oxygens (including phenoxy) is 1. The van der Waals surface area contributed by atoms with Crippen LogP contribution >= 0.6 is 12.2 Å². The van der Waals surface area contributed by atoms with Crippen molar-refractivity contribution in [1.82, 2.24) is 4.90 Å². The number of amides is 1. The summed E-state index contributed by atoms with van der Waals surface area (Å²) in [6.45, 7) is 5.04. The summed E-state index contributed by atoms with van der Waals surface area (Å²) < 4.78 is 5.41. The van der Waals surface area contributed by atoms with Gasteiger partial charge in [-0.15, -0.1) is 0 Å². The zero-order chi connectivity index (χ0) is 15.2. The summed E-state index contributed by atoms with van der Waals surface area (Å²) in [6.07, 6.45) is 0.959. The largest absolute Gasteiger partial charge is 0.389 e. The normalized spacial score (nSPS) is 17.8. The second-order valence-corrected chi connectivity index (χ2v) is 5.55. The molecule has 1 unspecified atom stereocenters. The van der Waals surface area contributed by atoms with Crippen molar-refractivity contribution < 1.29 is 9.53 Å². The van der Waals surface area contributed by atoms with Gasteiger partial charge >= 0.3 is 0 Å². The number of thiocarbonyl (C=S) groups is 1. The third-order valence-corrected chi connectivity index (χ3v) is 3.86. The first-order valence-corrected chi connectivity index (χ1v) is 7.51. The first kappa shape index (κ1) is 15.9. The van der Waals surface area contributed by atoms with Gasteiger partial charge in [-0.25, -0.2) is 0 Å². The zero-order valence-corrected chi connectivity index (χ0v) is 13.0. The number of rotatable bonds is 4. The van der Waals surface area contributed by atoms with Crippen LogP contribution in [0.5, 0.6) is 0 Å². The minimum atomic E-state index is -0.179. The Hall–Kier alpha value is -1.50. The van der Waals surface area contributed by atoms with Crippen LogP contribution in [0.1, 0.15) is 18.9 Å². The maximum Gasteiger partial charge on any atom is 0.241 e. The van der Waals surface area contributed by atoms with E-state index in [2.05, 4.69) is 10.2 Å². The van der Waals surface area contributed by atoms with Crippen LogP contribution in [-0.4, -0.2) is 48.1 Å². The number of carbonyl (C=O) groups is 1. The van der Waals surface area contributed by atoms with Crippen LogP contribution in [0.3, 0.4) is 0 Å². The number of nitrogens with two attached hydrogens (primary N) is 1. The van der Waals surface area contributed by atoms with Gasteiger partial charge in [-0.2, -0.15) is 0 Å². The maximum absolute atomic E-state index is 12.3. The quantitative estimate of drug-likeness (QED) is 0.822. The Kier molecular flexibility index (Phi) is 5.67. The summed E-state index contributed by atoms with van der Waals surface area (Å²) in [5.41, 5.74) is 7.09. The molecule has 0 radical (unpaired) electrons. The van der Waals surface area contributed by atoms with Crippen molar-refractivity contribution in [2.45, 2.75) is 19.4 Å². The monoisotopic (exact) mass is 307 g/mol. The van der Waals surface area contributed by atoms with Crippen molar-refractivity contribution in [3.8, 4) is 0 Å². The van der Waals surface area contributed by atoms with Crippen LogP contribution in [0, 0.1) is 0 Å². The van der Waals surface area contributed by atoms with E-state index in [0.29, 0.717) is 11.6 Å². The van der Waals surface area contributed by atoms with Gasteiger partial charge in [0.2, 0.25) is 5.91 Å². The fraction of sp³-hybridized carbons (Fsp3) is 0.467. The SMILES string of the molecule is CC(C(=O)Nc1ccc(C(N)=S)cc1)N1CCCOCC1. The molecule has 0 aromatic heterocycles. The molecule has 1 heterocycles. The van der Waals surface area contributed by atoms with E-state index in [1.807, 2.05) is 31.2 Å². The van der Waals surface area contributed by atoms with Gasteiger partial charge in [-0.05, 0) is 37.6 Å². The van der Waals surface area contributed by atoms with E-state index in [1.54, 1.807) is 0 Å². The van der Waals surface area contributed by atoms with E-state index in [0.717, 1.165) is 37.4 Å². The summed E-state index contributed by atoms with van der Waals surface area (Å²) in [5.74, 6) is -0.0139. The minimum Gasteiger partial charge on any atom is -0.389 e. The van der Waals surface area contributed by atoms with Gasteiger partial charge in [0.05, 0.1) is 12.6 Å². The number of hydrogen-bond donors (Lipinski definition) is 2. The lowest BCUT2D eigenvalue weighted by Crippen LogP contribution is -2.43. The van der Waals surface area contributed by atoms with Crippen molar-refractivity contribution in [1.29, 1.82) is 0 Å². The molecule has 5 nitrogen and oxygen atoms in total. The van der Waals surface area contributed by atoms with Gasteiger partial charge < -0.3 is 15.8 Å². The van der Waals surface area contributed by atoms with Gasteiger partial charge in [0.25, 0.3) is 0 Å². The molecule has 3 N–H and O–H groups in total. The molecule has 0 saturated carbocycles. The molecule has 0 spiro atoms. The Balaban J connectivity index is 1.94. The lowest BCUT2D eigenvalue weighted by molar-refractivity contribution is -0.120. The first-order chi connectivity index (χ1) is 10.1. The van der Waals surface area contributed by atoms with Crippen LogP contribution in [0.25, 0.3) is 0 Å². The summed E-state index contributed by atoms with van der Waals surface area (Å²) in [6, 6.07) is 7.06. The van der Waals surface area contributed by atoms with E-state index in [1.165, 1.54) is 0 Å². The second-order valence-electron chi connectivity index (χ2n) is 5.11. The van der Waals surface area contributed by atoms with Crippen LogP contribution in [-0.2, 0) is 9.53 Å². The molecule has 21 heavy (non-hydrogen) atoms. The molecule has 0 bridgehead atoms. The van der Waals surface area contributed by atoms with E-state index < -0.39 is 0 Å². The summed E-state index contributed by atoms with van der Waals surface area (Å²) in [4.78, 5) is 14.8. The number of carbonyl (C=O) groups excluding carboxylic acids is 1. The number of nitrogens with one attached hydrogen (secondary N) is 1. The summed E-state index contributed by atoms with van der Waals surface area (Å²) >= 11 is 4.90. The number of nitrogens with zero attached hydrogens (tertiary/aromatic N) is 1. The maximum atomic E-state index is 12.3. The molecule has 1 amide bonds. The van der Waals surface area contributed by atoms with Crippen molar-refractivity contribution in [2.24, 2.45) is 5.73 Å². The molecule has 1 aliphatic heterocycles. The average molecular weight is 307 g/mol. The lowest BCUT2D eigenvalue weighted by Gasteiger charge is -2.26. The summed E-state index contributed by atoms with van der Waals surface area (Å²) in [5, 5.41) is 2.92. The van der Waals surface area contributed by atoms with Crippen LogP contribution in [0.4, 0.5) is 5.69 Å². The molecule has 1 aromatic rings. The molecular formula is C15H21N3O2S. The smallest absolute Gasteiger partial charge is 0.241 e. The highest BCUT2D eigenvalue weighted by Crippen LogP contribution is 2.12. The molecular weight excluding hydrogens is 286 g/mol. The van der Waals surface area contributed by atoms with Crippen molar-refractivity contribution >= 4 is 28.8 Å². The molecule has 1 fully saturated rings. The molecule has 114 valence electrons. The molecule has 1 atom stereocenters.